The van der Waals surface area contributed by atoms with Crippen molar-refractivity contribution in [1.29, 1.82) is 0 Å². The van der Waals surface area contributed by atoms with E-state index < -0.39 is 5.92 Å². The maximum absolute atomic E-state index is 12.3. The lowest BCUT2D eigenvalue weighted by molar-refractivity contribution is -0.148. The van der Waals surface area contributed by atoms with Gasteiger partial charge in [-0.2, -0.15) is 0 Å². The first-order chi connectivity index (χ1) is 14.6. The number of hydrogen-bond donors (Lipinski definition) is 1. The Hall–Kier alpha value is -2.54. The van der Waals surface area contributed by atoms with E-state index in [1.165, 1.54) is 0 Å². The Morgan fingerprint density at radius 3 is 2.06 bits per heavy atom. The highest BCUT2D eigenvalue weighted by molar-refractivity contribution is 5.95. The number of rotatable bonds is 14. The summed E-state index contributed by atoms with van der Waals surface area (Å²) in [5.74, 6) is -1.07. The van der Waals surface area contributed by atoms with E-state index in [0.717, 1.165) is 5.56 Å². The molecule has 1 aromatic carbocycles. The van der Waals surface area contributed by atoms with Crippen LogP contribution in [0.15, 0.2) is 24.3 Å². The molecule has 0 heterocycles. The number of anilines is 1. The van der Waals surface area contributed by atoms with E-state index in [1.807, 2.05) is 13.8 Å². The first-order valence-corrected chi connectivity index (χ1v) is 10.8. The van der Waals surface area contributed by atoms with Crippen molar-refractivity contribution in [3.05, 3.63) is 29.8 Å². The maximum Gasteiger partial charge on any atom is 0.308 e. The van der Waals surface area contributed by atoms with Crippen molar-refractivity contribution < 1.29 is 28.7 Å². The van der Waals surface area contributed by atoms with E-state index in [-0.39, 0.29) is 61.3 Å². The highest BCUT2D eigenvalue weighted by Gasteiger charge is 2.17. The van der Waals surface area contributed by atoms with Crippen molar-refractivity contribution in [1.82, 2.24) is 0 Å². The summed E-state index contributed by atoms with van der Waals surface area (Å²) in [4.78, 5) is 47.4. The molecule has 0 radical (unpaired) electrons. The molecule has 1 N–H and O–H groups in total. The van der Waals surface area contributed by atoms with Crippen molar-refractivity contribution in [2.75, 3.05) is 18.5 Å². The third-order valence-corrected chi connectivity index (χ3v) is 4.72. The van der Waals surface area contributed by atoms with E-state index in [9.17, 15) is 19.2 Å². The van der Waals surface area contributed by atoms with Crippen LogP contribution in [-0.4, -0.2) is 36.7 Å². The minimum Gasteiger partial charge on any atom is -0.461 e. The molecule has 1 atom stereocenters. The van der Waals surface area contributed by atoms with Crippen LogP contribution in [0.4, 0.5) is 5.69 Å². The molecule has 172 valence electrons. The van der Waals surface area contributed by atoms with Crippen molar-refractivity contribution in [3.63, 3.8) is 0 Å². The summed E-state index contributed by atoms with van der Waals surface area (Å²) in [5, 5.41) is 2.79. The van der Waals surface area contributed by atoms with Crippen molar-refractivity contribution in [2.24, 2.45) is 17.8 Å². The fourth-order valence-electron chi connectivity index (χ4n) is 2.56. The van der Waals surface area contributed by atoms with Crippen LogP contribution in [-0.2, 0) is 35.3 Å². The second-order valence-electron chi connectivity index (χ2n) is 8.33. The summed E-state index contributed by atoms with van der Waals surface area (Å²) >= 11 is 0. The van der Waals surface area contributed by atoms with E-state index in [4.69, 9.17) is 9.47 Å². The summed E-state index contributed by atoms with van der Waals surface area (Å²) in [6, 6.07) is 7.02. The third-order valence-electron chi connectivity index (χ3n) is 4.72. The van der Waals surface area contributed by atoms with Crippen molar-refractivity contribution in [2.45, 2.75) is 60.5 Å². The highest BCUT2D eigenvalue weighted by atomic mass is 16.5. The molecule has 1 amide bonds. The molecule has 0 spiro atoms. The predicted octanol–water partition coefficient (Wildman–Crippen LogP) is 3.94. The summed E-state index contributed by atoms with van der Waals surface area (Å²) in [6.45, 7) is 9.69. The first-order valence-electron chi connectivity index (χ1n) is 10.8. The lowest BCUT2D eigenvalue weighted by Crippen LogP contribution is -2.23. The van der Waals surface area contributed by atoms with Gasteiger partial charge in [-0.05, 0) is 17.7 Å². The number of carbonyl (C=O) groups excluding carboxylic acids is 4. The molecule has 0 unspecified atom stereocenters. The van der Waals surface area contributed by atoms with E-state index >= 15 is 0 Å². The van der Waals surface area contributed by atoms with Gasteiger partial charge in [-0.25, -0.2) is 0 Å². The Bertz CT molecular complexity index is 739. The average molecular weight is 434 g/mol. The summed E-state index contributed by atoms with van der Waals surface area (Å²) in [5.41, 5.74) is 1.44. The molecule has 0 fully saturated rings. The van der Waals surface area contributed by atoms with Gasteiger partial charge in [0, 0.05) is 36.8 Å². The fourth-order valence-corrected chi connectivity index (χ4v) is 2.56. The second-order valence-corrected chi connectivity index (χ2v) is 8.33. The molecule has 0 bridgehead atoms. The second kappa shape index (κ2) is 13.7. The molecule has 7 heteroatoms. The molecule has 7 nitrogen and oxygen atoms in total. The maximum atomic E-state index is 12.3. The van der Waals surface area contributed by atoms with Crippen LogP contribution >= 0.6 is 0 Å². The number of hydrogen-bond acceptors (Lipinski definition) is 6. The van der Waals surface area contributed by atoms with E-state index in [0.29, 0.717) is 18.7 Å². The Morgan fingerprint density at radius 1 is 0.871 bits per heavy atom. The van der Waals surface area contributed by atoms with Crippen LogP contribution in [0.3, 0.4) is 0 Å². The Kier molecular flexibility index (Phi) is 11.7. The van der Waals surface area contributed by atoms with Crippen molar-refractivity contribution >= 4 is 29.1 Å². The normalized spacial score (nSPS) is 12.0. The lowest BCUT2D eigenvalue weighted by Gasteiger charge is -2.12. The van der Waals surface area contributed by atoms with Gasteiger partial charge in [0.25, 0.3) is 0 Å². The molecule has 1 rings (SSSR count). The standard InChI is InChI=1S/C24H35NO6/c1-16(2)22(27)11-13-30-12-10-21(26)14-18(5)23(28)25-20-8-6-19(7-9-20)15-31-24(29)17(3)4/h6-9,16-18H,10-15H2,1-5H3,(H,25,28)/t18-/m1/s1. The van der Waals surface area contributed by atoms with Gasteiger partial charge < -0.3 is 14.8 Å². The minimum absolute atomic E-state index is 0.0109. The molecule has 0 aliphatic rings. The number of carbonyl (C=O) groups is 4. The molecule has 0 saturated carbocycles. The minimum atomic E-state index is -0.471. The van der Waals surface area contributed by atoms with Gasteiger partial charge in [0.05, 0.1) is 19.1 Å². The van der Waals surface area contributed by atoms with Crippen LogP contribution in [0.1, 0.15) is 59.4 Å². The number of ketones is 2. The predicted molar refractivity (Wildman–Crippen MR) is 118 cm³/mol. The molecular weight excluding hydrogens is 398 g/mol. The summed E-state index contributed by atoms with van der Waals surface area (Å²) < 4.78 is 10.5. The Balaban J connectivity index is 2.32. The van der Waals surface area contributed by atoms with E-state index in [2.05, 4.69) is 5.32 Å². The first kappa shape index (κ1) is 26.5. The van der Waals surface area contributed by atoms with Crippen LogP contribution in [0.25, 0.3) is 0 Å². The Morgan fingerprint density at radius 2 is 1.48 bits per heavy atom. The molecule has 0 aliphatic heterocycles. The number of amides is 1. The number of ether oxygens (including phenoxy) is 2. The van der Waals surface area contributed by atoms with Gasteiger partial charge >= 0.3 is 5.97 Å². The van der Waals surface area contributed by atoms with Crippen LogP contribution in [0, 0.1) is 17.8 Å². The van der Waals surface area contributed by atoms with Gasteiger partial charge in [-0.3, -0.25) is 19.2 Å². The smallest absolute Gasteiger partial charge is 0.308 e. The van der Waals surface area contributed by atoms with Gasteiger partial charge in [0.15, 0.2) is 0 Å². The largest absolute Gasteiger partial charge is 0.461 e. The van der Waals surface area contributed by atoms with Gasteiger partial charge in [-0.1, -0.05) is 46.8 Å². The number of nitrogens with one attached hydrogen (secondary N) is 1. The van der Waals surface area contributed by atoms with Crippen LogP contribution < -0.4 is 5.32 Å². The molecule has 0 aromatic heterocycles. The number of benzene rings is 1. The topological polar surface area (TPSA) is 98.8 Å². The van der Waals surface area contributed by atoms with Gasteiger partial charge in [0.2, 0.25) is 5.91 Å². The number of Topliss-reactive ketones (excluding diaryl/α,β-unsaturated/α-hetero) is 2. The fraction of sp³-hybridized carbons (Fsp3) is 0.583. The van der Waals surface area contributed by atoms with Crippen LogP contribution in [0.2, 0.25) is 0 Å². The summed E-state index contributed by atoms with van der Waals surface area (Å²) in [6.07, 6.45) is 0.699. The molecule has 1 aromatic rings. The number of esters is 1. The zero-order valence-corrected chi connectivity index (χ0v) is 19.2. The lowest BCUT2D eigenvalue weighted by atomic mass is 10.0. The zero-order valence-electron chi connectivity index (χ0n) is 19.2. The molecular formula is C24H35NO6. The molecule has 0 saturated heterocycles. The molecule has 0 aliphatic carbocycles. The third kappa shape index (κ3) is 10.9. The van der Waals surface area contributed by atoms with Gasteiger partial charge in [-0.15, -0.1) is 0 Å². The Labute approximate surface area is 184 Å². The SMILES string of the molecule is CC(C)C(=O)CCOCCC(=O)C[C@@H](C)C(=O)Nc1ccc(COC(=O)C(C)C)cc1. The monoisotopic (exact) mass is 433 g/mol. The zero-order chi connectivity index (χ0) is 23.4. The summed E-state index contributed by atoms with van der Waals surface area (Å²) in [7, 11) is 0. The quantitative estimate of drug-likeness (QED) is 0.352. The average Bonchev–Trinajstić information content (AvgIpc) is 2.72. The van der Waals surface area contributed by atoms with Crippen molar-refractivity contribution in [3.8, 4) is 0 Å². The molecule has 31 heavy (non-hydrogen) atoms. The van der Waals surface area contributed by atoms with E-state index in [1.54, 1.807) is 45.0 Å². The van der Waals surface area contributed by atoms with Crippen LogP contribution in [0.5, 0.6) is 0 Å². The van der Waals surface area contributed by atoms with Gasteiger partial charge in [0.1, 0.15) is 18.2 Å². The highest BCUT2D eigenvalue weighted by Crippen LogP contribution is 2.14.